The zero-order valence-electron chi connectivity index (χ0n) is 12.9. The van der Waals surface area contributed by atoms with Crippen molar-refractivity contribution < 1.29 is 14.3 Å². The zero-order chi connectivity index (χ0) is 15.8. The van der Waals surface area contributed by atoms with Crippen LogP contribution in [0.3, 0.4) is 0 Å². The van der Waals surface area contributed by atoms with E-state index in [0.717, 1.165) is 13.0 Å². The molecule has 0 atom stereocenters. The number of rotatable bonds is 8. The Morgan fingerprint density at radius 2 is 2.23 bits per heavy atom. The first-order chi connectivity index (χ1) is 10.7. The number of methoxy groups -OCH3 is 1. The molecule has 0 aliphatic rings. The Kier molecular flexibility index (Phi) is 5.82. The average molecular weight is 303 g/mol. The summed E-state index contributed by atoms with van der Waals surface area (Å²) >= 11 is 0. The topological polar surface area (TPSA) is 65.4 Å². The van der Waals surface area contributed by atoms with Gasteiger partial charge in [-0.1, -0.05) is 0 Å². The SMILES string of the molecule is CCOc1ccc(C(=O)NCCCn2ccnc2)cc1OC. The highest BCUT2D eigenvalue weighted by Crippen LogP contribution is 2.27. The van der Waals surface area contributed by atoms with Crippen LogP contribution in [0.2, 0.25) is 0 Å². The lowest BCUT2D eigenvalue weighted by Gasteiger charge is -2.11. The van der Waals surface area contributed by atoms with Crippen molar-refractivity contribution >= 4 is 5.91 Å². The average Bonchev–Trinajstić information content (AvgIpc) is 3.05. The second-order valence-electron chi connectivity index (χ2n) is 4.71. The molecule has 2 aromatic rings. The normalized spacial score (nSPS) is 10.3. The molecule has 1 aromatic carbocycles. The Labute approximate surface area is 130 Å². The first-order valence-electron chi connectivity index (χ1n) is 7.29. The monoisotopic (exact) mass is 303 g/mol. The molecule has 1 heterocycles. The Hall–Kier alpha value is -2.50. The Morgan fingerprint density at radius 3 is 2.91 bits per heavy atom. The molecule has 0 unspecified atom stereocenters. The number of aromatic nitrogens is 2. The lowest BCUT2D eigenvalue weighted by Crippen LogP contribution is -2.25. The molecule has 118 valence electrons. The van der Waals surface area contributed by atoms with Crippen molar-refractivity contribution in [3.8, 4) is 11.5 Å². The number of amides is 1. The summed E-state index contributed by atoms with van der Waals surface area (Å²) < 4.78 is 12.7. The van der Waals surface area contributed by atoms with Crippen LogP contribution < -0.4 is 14.8 Å². The number of aryl methyl sites for hydroxylation is 1. The van der Waals surface area contributed by atoms with Gasteiger partial charge in [0.15, 0.2) is 11.5 Å². The van der Waals surface area contributed by atoms with Gasteiger partial charge in [0.05, 0.1) is 20.0 Å². The van der Waals surface area contributed by atoms with E-state index >= 15 is 0 Å². The first-order valence-corrected chi connectivity index (χ1v) is 7.29. The number of benzene rings is 1. The standard InChI is InChI=1S/C16H21N3O3/c1-3-22-14-6-5-13(11-15(14)21-2)16(20)18-7-4-9-19-10-8-17-12-19/h5-6,8,10-12H,3-4,7,9H2,1-2H3,(H,18,20). The number of nitrogens with one attached hydrogen (secondary N) is 1. The van der Waals surface area contributed by atoms with Crippen LogP contribution in [-0.4, -0.2) is 35.7 Å². The number of hydrogen-bond acceptors (Lipinski definition) is 4. The summed E-state index contributed by atoms with van der Waals surface area (Å²) in [5.74, 6) is 1.08. The molecule has 6 heteroatoms. The smallest absolute Gasteiger partial charge is 0.251 e. The van der Waals surface area contributed by atoms with Crippen molar-refractivity contribution in [3.63, 3.8) is 0 Å². The van der Waals surface area contributed by atoms with Crippen LogP contribution in [0.25, 0.3) is 0 Å². The molecule has 1 amide bonds. The fourth-order valence-corrected chi connectivity index (χ4v) is 2.07. The van der Waals surface area contributed by atoms with Gasteiger partial charge in [0, 0.05) is 31.0 Å². The lowest BCUT2D eigenvalue weighted by molar-refractivity contribution is 0.0952. The van der Waals surface area contributed by atoms with E-state index in [4.69, 9.17) is 9.47 Å². The Balaban J connectivity index is 1.86. The van der Waals surface area contributed by atoms with E-state index in [1.807, 2.05) is 17.7 Å². The summed E-state index contributed by atoms with van der Waals surface area (Å²) in [5, 5.41) is 2.90. The number of nitrogens with zero attached hydrogens (tertiary/aromatic N) is 2. The minimum atomic E-state index is -0.119. The highest BCUT2D eigenvalue weighted by Gasteiger charge is 2.10. The molecule has 0 saturated carbocycles. The summed E-state index contributed by atoms with van der Waals surface area (Å²) in [7, 11) is 1.56. The van der Waals surface area contributed by atoms with E-state index in [1.54, 1.807) is 37.8 Å². The summed E-state index contributed by atoms with van der Waals surface area (Å²) in [4.78, 5) is 16.1. The molecule has 2 rings (SSSR count). The van der Waals surface area contributed by atoms with Gasteiger partial charge >= 0.3 is 0 Å². The van der Waals surface area contributed by atoms with Gasteiger partial charge in [-0.3, -0.25) is 4.79 Å². The fraction of sp³-hybridized carbons (Fsp3) is 0.375. The fourth-order valence-electron chi connectivity index (χ4n) is 2.07. The first kappa shape index (κ1) is 15.9. The van der Waals surface area contributed by atoms with E-state index in [0.29, 0.717) is 30.2 Å². The van der Waals surface area contributed by atoms with Crippen LogP contribution >= 0.6 is 0 Å². The minimum Gasteiger partial charge on any atom is -0.493 e. The molecule has 0 aliphatic carbocycles. The van der Waals surface area contributed by atoms with Gasteiger partial charge in [0.2, 0.25) is 0 Å². The molecule has 0 bridgehead atoms. The number of carbonyl (C=O) groups is 1. The van der Waals surface area contributed by atoms with Crippen LogP contribution in [0.5, 0.6) is 11.5 Å². The summed E-state index contributed by atoms with van der Waals surface area (Å²) in [5.41, 5.74) is 0.558. The van der Waals surface area contributed by atoms with Crippen molar-refractivity contribution in [1.29, 1.82) is 0 Å². The van der Waals surface area contributed by atoms with Gasteiger partial charge in [0.25, 0.3) is 5.91 Å². The number of ether oxygens (including phenoxy) is 2. The van der Waals surface area contributed by atoms with Gasteiger partial charge in [0.1, 0.15) is 0 Å². The molecule has 0 fully saturated rings. The van der Waals surface area contributed by atoms with Crippen LogP contribution in [-0.2, 0) is 6.54 Å². The highest BCUT2D eigenvalue weighted by molar-refractivity contribution is 5.94. The maximum Gasteiger partial charge on any atom is 0.251 e. The molecule has 22 heavy (non-hydrogen) atoms. The minimum absolute atomic E-state index is 0.119. The van der Waals surface area contributed by atoms with E-state index in [9.17, 15) is 4.79 Å². The van der Waals surface area contributed by atoms with E-state index in [1.165, 1.54) is 0 Å². The third-order valence-electron chi connectivity index (χ3n) is 3.16. The largest absolute Gasteiger partial charge is 0.493 e. The van der Waals surface area contributed by atoms with Crippen molar-refractivity contribution in [2.24, 2.45) is 0 Å². The van der Waals surface area contributed by atoms with Crippen molar-refractivity contribution in [1.82, 2.24) is 14.9 Å². The third kappa shape index (κ3) is 4.25. The Bertz CT molecular complexity index is 597. The summed E-state index contributed by atoms with van der Waals surface area (Å²) in [6, 6.07) is 5.18. The van der Waals surface area contributed by atoms with Gasteiger partial charge < -0.3 is 19.4 Å². The van der Waals surface area contributed by atoms with Gasteiger partial charge in [-0.15, -0.1) is 0 Å². The van der Waals surface area contributed by atoms with E-state index < -0.39 is 0 Å². The molecule has 0 saturated heterocycles. The van der Waals surface area contributed by atoms with Crippen LogP contribution in [0.15, 0.2) is 36.9 Å². The lowest BCUT2D eigenvalue weighted by atomic mass is 10.2. The molecule has 1 aromatic heterocycles. The Morgan fingerprint density at radius 1 is 1.36 bits per heavy atom. The van der Waals surface area contributed by atoms with Crippen LogP contribution in [0.4, 0.5) is 0 Å². The maximum atomic E-state index is 12.1. The number of carbonyl (C=O) groups excluding carboxylic acids is 1. The second kappa shape index (κ2) is 8.07. The molecule has 6 nitrogen and oxygen atoms in total. The van der Waals surface area contributed by atoms with E-state index in [-0.39, 0.29) is 5.91 Å². The van der Waals surface area contributed by atoms with Gasteiger partial charge in [-0.05, 0) is 31.5 Å². The summed E-state index contributed by atoms with van der Waals surface area (Å²) in [6.45, 7) is 3.88. The van der Waals surface area contributed by atoms with Crippen molar-refractivity contribution in [2.75, 3.05) is 20.3 Å². The predicted molar refractivity (Wildman–Crippen MR) is 83.3 cm³/mol. The second-order valence-corrected chi connectivity index (χ2v) is 4.71. The predicted octanol–water partition coefficient (Wildman–Crippen LogP) is 2.11. The zero-order valence-corrected chi connectivity index (χ0v) is 12.9. The number of imidazole rings is 1. The van der Waals surface area contributed by atoms with E-state index in [2.05, 4.69) is 10.3 Å². The molecular weight excluding hydrogens is 282 g/mol. The van der Waals surface area contributed by atoms with Gasteiger partial charge in [-0.25, -0.2) is 4.98 Å². The quantitative estimate of drug-likeness (QED) is 0.759. The molecule has 0 spiro atoms. The van der Waals surface area contributed by atoms with Gasteiger partial charge in [-0.2, -0.15) is 0 Å². The van der Waals surface area contributed by atoms with Crippen molar-refractivity contribution in [2.45, 2.75) is 19.9 Å². The summed E-state index contributed by atoms with van der Waals surface area (Å²) in [6.07, 6.45) is 6.25. The third-order valence-corrected chi connectivity index (χ3v) is 3.16. The van der Waals surface area contributed by atoms with Crippen LogP contribution in [0.1, 0.15) is 23.7 Å². The number of hydrogen-bond donors (Lipinski definition) is 1. The highest BCUT2D eigenvalue weighted by atomic mass is 16.5. The van der Waals surface area contributed by atoms with Crippen LogP contribution in [0, 0.1) is 0 Å². The van der Waals surface area contributed by atoms with Crippen molar-refractivity contribution in [3.05, 3.63) is 42.5 Å². The molecule has 0 aliphatic heterocycles. The molecule has 0 radical (unpaired) electrons. The maximum absolute atomic E-state index is 12.1. The molecule has 1 N–H and O–H groups in total. The molecular formula is C16H21N3O3.